The van der Waals surface area contributed by atoms with Gasteiger partial charge >= 0.3 is 5.97 Å². The summed E-state index contributed by atoms with van der Waals surface area (Å²) >= 11 is 0. The van der Waals surface area contributed by atoms with Gasteiger partial charge in [0.15, 0.2) is 5.69 Å². The maximum atomic E-state index is 11.7. The summed E-state index contributed by atoms with van der Waals surface area (Å²) < 4.78 is 10.2. The number of aryl methyl sites for hydroxylation is 1. The van der Waals surface area contributed by atoms with Crippen molar-refractivity contribution in [1.82, 2.24) is 9.97 Å². The largest absolute Gasteiger partial charge is 0.461 e. The molecular formula is C12H17N3O3. The predicted molar refractivity (Wildman–Crippen MR) is 65.8 cm³/mol. The summed E-state index contributed by atoms with van der Waals surface area (Å²) in [7, 11) is 0. The standard InChI is InChI=1S/C12H17N3O3/c1-3-18-11(16)10-8-9(2)13-12(14-10)15-4-6-17-7-5-15/h8H,3-7H2,1-2H3. The molecule has 18 heavy (non-hydrogen) atoms. The minimum atomic E-state index is -0.405. The molecule has 1 aromatic rings. The third-order valence-electron chi connectivity index (χ3n) is 2.62. The van der Waals surface area contributed by atoms with Crippen LogP contribution in [0.15, 0.2) is 6.07 Å². The number of carbonyl (C=O) groups excluding carboxylic acids is 1. The molecule has 1 aliphatic rings. The number of esters is 1. The molecule has 2 rings (SSSR count). The van der Waals surface area contributed by atoms with E-state index in [0.717, 1.165) is 18.8 Å². The van der Waals surface area contributed by atoms with Crippen molar-refractivity contribution in [3.63, 3.8) is 0 Å². The van der Waals surface area contributed by atoms with Gasteiger partial charge in [-0.25, -0.2) is 14.8 Å². The third kappa shape index (κ3) is 2.95. The van der Waals surface area contributed by atoms with Gasteiger partial charge in [-0.2, -0.15) is 0 Å². The topological polar surface area (TPSA) is 64.5 Å². The van der Waals surface area contributed by atoms with Gasteiger partial charge in [0.1, 0.15) is 0 Å². The Morgan fingerprint density at radius 1 is 1.44 bits per heavy atom. The van der Waals surface area contributed by atoms with Crippen LogP contribution >= 0.6 is 0 Å². The molecule has 6 nitrogen and oxygen atoms in total. The molecule has 0 radical (unpaired) electrons. The van der Waals surface area contributed by atoms with Crippen LogP contribution in [0.3, 0.4) is 0 Å². The Balaban J connectivity index is 2.22. The summed E-state index contributed by atoms with van der Waals surface area (Å²) in [4.78, 5) is 22.3. The van der Waals surface area contributed by atoms with Gasteiger partial charge in [0.05, 0.1) is 19.8 Å². The Morgan fingerprint density at radius 2 is 2.17 bits per heavy atom. The fraction of sp³-hybridized carbons (Fsp3) is 0.583. The molecule has 0 aliphatic carbocycles. The number of ether oxygens (including phenoxy) is 2. The highest BCUT2D eigenvalue weighted by Crippen LogP contribution is 2.12. The molecule has 1 aliphatic heterocycles. The van der Waals surface area contributed by atoms with Crippen molar-refractivity contribution >= 4 is 11.9 Å². The van der Waals surface area contributed by atoms with Gasteiger partial charge in [0.25, 0.3) is 0 Å². The molecule has 0 unspecified atom stereocenters. The average Bonchev–Trinajstić information content (AvgIpc) is 2.39. The Kier molecular flexibility index (Phi) is 4.09. The van der Waals surface area contributed by atoms with Crippen LogP contribution < -0.4 is 4.90 Å². The van der Waals surface area contributed by atoms with E-state index in [-0.39, 0.29) is 0 Å². The second-order valence-electron chi connectivity index (χ2n) is 4.01. The lowest BCUT2D eigenvalue weighted by molar-refractivity contribution is 0.0519. The normalized spacial score (nSPS) is 15.6. The summed E-state index contributed by atoms with van der Waals surface area (Å²) in [6.45, 7) is 6.76. The van der Waals surface area contributed by atoms with E-state index in [1.807, 2.05) is 11.8 Å². The molecule has 1 aromatic heterocycles. The summed E-state index contributed by atoms with van der Waals surface area (Å²) in [6, 6.07) is 1.64. The first-order valence-electron chi connectivity index (χ1n) is 6.06. The van der Waals surface area contributed by atoms with E-state index in [0.29, 0.717) is 31.5 Å². The monoisotopic (exact) mass is 251 g/mol. The summed E-state index contributed by atoms with van der Waals surface area (Å²) in [6.07, 6.45) is 0. The van der Waals surface area contributed by atoms with Crippen LogP contribution in [-0.4, -0.2) is 48.8 Å². The highest BCUT2D eigenvalue weighted by molar-refractivity contribution is 5.87. The molecule has 98 valence electrons. The van der Waals surface area contributed by atoms with Crippen molar-refractivity contribution in [2.75, 3.05) is 37.8 Å². The van der Waals surface area contributed by atoms with Crippen molar-refractivity contribution in [2.24, 2.45) is 0 Å². The van der Waals surface area contributed by atoms with E-state index in [1.165, 1.54) is 0 Å². The third-order valence-corrected chi connectivity index (χ3v) is 2.62. The molecule has 1 fully saturated rings. The highest BCUT2D eigenvalue weighted by Gasteiger charge is 2.17. The first kappa shape index (κ1) is 12.8. The number of morpholine rings is 1. The van der Waals surface area contributed by atoms with E-state index in [9.17, 15) is 4.79 Å². The molecular weight excluding hydrogens is 234 g/mol. The van der Waals surface area contributed by atoms with E-state index in [4.69, 9.17) is 9.47 Å². The Hall–Kier alpha value is -1.69. The van der Waals surface area contributed by atoms with Crippen LogP contribution in [-0.2, 0) is 9.47 Å². The van der Waals surface area contributed by atoms with Crippen molar-refractivity contribution in [3.8, 4) is 0 Å². The Bertz CT molecular complexity index is 431. The number of hydrogen-bond donors (Lipinski definition) is 0. The van der Waals surface area contributed by atoms with Crippen LogP contribution in [0.25, 0.3) is 0 Å². The zero-order valence-electron chi connectivity index (χ0n) is 10.7. The smallest absolute Gasteiger partial charge is 0.357 e. The highest BCUT2D eigenvalue weighted by atomic mass is 16.5. The maximum absolute atomic E-state index is 11.7. The van der Waals surface area contributed by atoms with Crippen LogP contribution in [0.5, 0.6) is 0 Å². The van der Waals surface area contributed by atoms with Crippen molar-refractivity contribution in [3.05, 3.63) is 17.5 Å². The maximum Gasteiger partial charge on any atom is 0.357 e. The van der Waals surface area contributed by atoms with Gasteiger partial charge in [0.2, 0.25) is 5.95 Å². The molecule has 0 bridgehead atoms. The molecule has 0 aromatic carbocycles. The van der Waals surface area contributed by atoms with Crippen LogP contribution in [0.1, 0.15) is 23.1 Å². The van der Waals surface area contributed by atoms with Crippen molar-refractivity contribution in [1.29, 1.82) is 0 Å². The summed E-state index contributed by atoms with van der Waals surface area (Å²) in [5.74, 6) is 0.166. The zero-order valence-corrected chi connectivity index (χ0v) is 10.7. The predicted octanol–water partition coefficient (Wildman–Crippen LogP) is 0.798. The molecule has 0 N–H and O–H groups in total. The second kappa shape index (κ2) is 5.77. The van der Waals surface area contributed by atoms with Gasteiger partial charge in [-0.15, -0.1) is 0 Å². The van der Waals surface area contributed by atoms with E-state index in [1.54, 1.807) is 13.0 Å². The van der Waals surface area contributed by atoms with Gasteiger partial charge < -0.3 is 14.4 Å². The van der Waals surface area contributed by atoms with Gasteiger partial charge in [-0.3, -0.25) is 0 Å². The molecule has 6 heteroatoms. The summed E-state index contributed by atoms with van der Waals surface area (Å²) in [5.41, 5.74) is 1.07. The first-order chi connectivity index (χ1) is 8.70. The van der Waals surface area contributed by atoms with Gasteiger partial charge in [0, 0.05) is 18.8 Å². The number of rotatable bonds is 3. The van der Waals surface area contributed by atoms with Gasteiger partial charge in [-0.1, -0.05) is 0 Å². The fourth-order valence-electron chi connectivity index (χ4n) is 1.77. The first-order valence-corrected chi connectivity index (χ1v) is 6.06. The quantitative estimate of drug-likeness (QED) is 0.740. The van der Waals surface area contributed by atoms with E-state index < -0.39 is 5.97 Å². The summed E-state index contributed by atoms with van der Waals surface area (Å²) in [5, 5.41) is 0. The second-order valence-corrected chi connectivity index (χ2v) is 4.01. The van der Waals surface area contributed by atoms with E-state index in [2.05, 4.69) is 9.97 Å². The number of anilines is 1. The molecule has 1 saturated heterocycles. The Morgan fingerprint density at radius 3 is 2.83 bits per heavy atom. The fourth-order valence-corrected chi connectivity index (χ4v) is 1.77. The number of carbonyl (C=O) groups is 1. The lowest BCUT2D eigenvalue weighted by Crippen LogP contribution is -2.37. The van der Waals surface area contributed by atoms with Crippen LogP contribution in [0.4, 0.5) is 5.95 Å². The minimum Gasteiger partial charge on any atom is -0.461 e. The SMILES string of the molecule is CCOC(=O)c1cc(C)nc(N2CCOCC2)n1. The van der Waals surface area contributed by atoms with Crippen LogP contribution in [0, 0.1) is 6.92 Å². The molecule has 0 atom stereocenters. The molecule has 2 heterocycles. The molecule has 0 amide bonds. The lowest BCUT2D eigenvalue weighted by Gasteiger charge is -2.27. The van der Waals surface area contributed by atoms with E-state index >= 15 is 0 Å². The number of aromatic nitrogens is 2. The van der Waals surface area contributed by atoms with Gasteiger partial charge in [-0.05, 0) is 19.9 Å². The van der Waals surface area contributed by atoms with Crippen LogP contribution in [0.2, 0.25) is 0 Å². The minimum absolute atomic E-state index is 0.311. The van der Waals surface area contributed by atoms with Crippen molar-refractivity contribution in [2.45, 2.75) is 13.8 Å². The Labute approximate surface area is 106 Å². The lowest BCUT2D eigenvalue weighted by atomic mass is 10.3. The average molecular weight is 251 g/mol. The zero-order chi connectivity index (χ0) is 13.0. The van der Waals surface area contributed by atoms with Crippen molar-refractivity contribution < 1.29 is 14.3 Å². The number of hydrogen-bond acceptors (Lipinski definition) is 6. The number of nitrogens with zero attached hydrogens (tertiary/aromatic N) is 3. The molecule has 0 saturated carbocycles. The molecule has 0 spiro atoms.